The SMILES string of the molecule is CC(C)(c1ccccc1)c1ccc(N2c3ccccc3B3c4ccccc4N(c4ccc(C(C)(C)c5ccccc5)cc4)c4cc(C(C)(C)c5ccccc5)cc2c43)cc1. The molecule has 0 aliphatic carbocycles. The van der Waals surface area contributed by atoms with Gasteiger partial charge in [0.1, 0.15) is 0 Å². The third-order valence-electron chi connectivity index (χ3n) is 13.8. The lowest BCUT2D eigenvalue weighted by Gasteiger charge is -2.45. The fraction of sp³-hybridized carbons (Fsp3) is 0.158. The Kier molecular flexibility index (Phi) is 8.99. The molecule has 10 rings (SSSR count). The molecule has 0 aromatic heterocycles. The van der Waals surface area contributed by atoms with Crippen LogP contribution in [0.3, 0.4) is 0 Å². The van der Waals surface area contributed by atoms with Gasteiger partial charge in [-0.2, -0.15) is 0 Å². The van der Waals surface area contributed by atoms with Gasteiger partial charge in [-0.1, -0.05) is 193 Å². The molecule has 292 valence electrons. The largest absolute Gasteiger partial charge is 0.311 e. The first kappa shape index (κ1) is 37.7. The third kappa shape index (κ3) is 6.02. The van der Waals surface area contributed by atoms with E-state index >= 15 is 0 Å². The molecule has 2 aliphatic rings. The van der Waals surface area contributed by atoms with E-state index in [1.165, 1.54) is 72.5 Å². The summed E-state index contributed by atoms with van der Waals surface area (Å²) in [5, 5.41) is 0. The first-order chi connectivity index (χ1) is 29.0. The molecular weight excluding hydrogens is 723 g/mol. The van der Waals surface area contributed by atoms with Crippen LogP contribution < -0.4 is 26.2 Å². The van der Waals surface area contributed by atoms with Crippen molar-refractivity contribution in [3.05, 3.63) is 234 Å². The molecule has 0 bridgehead atoms. The van der Waals surface area contributed by atoms with Gasteiger partial charge in [-0.3, -0.25) is 0 Å². The Bertz CT molecular complexity index is 2660. The van der Waals surface area contributed by atoms with Crippen LogP contribution in [0.1, 0.15) is 74.9 Å². The molecule has 60 heavy (non-hydrogen) atoms. The van der Waals surface area contributed by atoms with Gasteiger partial charge in [0.25, 0.3) is 6.71 Å². The Labute approximate surface area is 356 Å². The van der Waals surface area contributed by atoms with E-state index in [1.807, 2.05) is 0 Å². The van der Waals surface area contributed by atoms with Gasteiger partial charge in [0, 0.05) is 50.4 Å². The first-order valence-corrected chi connectivity index (χ1v) is 21.4. The monoisotopic (exact) mass is 774 g/mol. The van der Waals surface area contributed by atoms with Crippen LogP contribution in [-0.2, 0) is 16.2 Å². The summed E-state index contributed by atoms with van der Waals surface area (Å²) in [5.41, 5.74) is 18.4. The van der Waals surface area contributed by atoms with Crippen molar-refractivity contribution in [2.75, 3.05) is 9.80 Å². The average molecular weight is 775 g/mol. The molecule has 0 atom stereocenters. The van der Waals surface area contributed by atoms with Crippen LogP contribution >= 0.6 is 0 Å². The fourth-order valence-corrected chi connectivity index (χ4v) is 9.93. The van der Waals surface area contributed by atoms with Crippen LogP contribution in [0.5, 0.6) is 0 Å². The quantitative estimate of drug-likeness (QED) is 0.142. The Morgan fingerprint density at radius 1 is 0.300 bits per heavy atom. The number of fused-ring (bicyclic) bond motifs is 4. The molecule has 0 fully saturated rings. The van der Waals surface area contributed by atoms with Gasteiger partial charge in [0.15, 0.2) is 0 Å². The molecule has 0 radical (unpaired) electrons. The Hall–Kier alpha value is -6.58. The van der Waals surface area contributed by atoms with Gasteiger partial charge in [-0.05, 0) is 98.3 Å². The zero-order valence-corrected chi connectivity index (χ0v) is 35.5. The Morgan fingerprint density at radius 2 is 0.600 bits per heavy atom. The smallest absolute Gasteiger partial charge is 0.252 e. The number of anilines is 6. The van der Waals surface area contributed by atoms with E-state index in [2.05, 4.69) is 252 Å². The predicted molar refractivity (Wildman–Crippen MR) is 256 cm³/mol. The molecule has 0 spiro atoms. The van der Waals surface area contributed by atoms with E-state index in [-0.39, 0.29) is 23.0 Å². The second kappa shape index (κ2) is 14.3. The number of rotatable bonds is 8. The van der Waals surface area contributed by atoms with Crippen LogP contribution in [-0.4, -0.2) is 6.71 Å². The van der Waals surface area contributed by atoms with Crippen LogP contribution in [0, 0.1) is 0 Å². The zero-order valence-electron chi connectivity index (χ0n) is 35.5. The van der Waals surface area contributed by atoms with Crippen molar-refractivity contribution in [1.29, 1.82) is 0 Å². The number of hydrogen-bond donors (Lipinski definition) is 0. The van der Waals surface area contributed by atoms with Crippen LogP contribution in [0.2, 0.25) is 0 Å². The summed E-state index contributed by atoms with van der Waals surface area (Å²) < 4.78 is 0. The number of para-hydroxylation sites is 2. The highest BCUT2D eigenvalue weighted by molar-refractivity contribution is 7.00. The van der Waals surface area contributed by atoms with E-state index in [4.69, 9.17) is 0 Å². The van der Waals surface area contributed by atoms with Crippen LogP contribution in [0.4, 0.5) is 34.1 Å². The molecule has 8 aromatic carbocycles. The minimum atomic E-state index is -0.277. The molecule has 2 aliphatic heterocycles. The third-order valence-corrected chi connectivity index (χ3v) is 13.8. The Morgan fingerprint density at radius 3 is 0.967 bits per heavy atom. The lowest BCUT2D eigenvalue weighted by atomic mass is 9.33. The summed E-state index contributed by atoms with van der Waals surface area (Å²) in [7, 11) is 0. The predicted octanol–water partition coefficient (Wildman–Crippen LogP) is 12.7. The minimum absolute atomic E-state index is 0.0661. The van der Waals surface area contributed by atoms with Gasteiger partial charge in [-0.25, -0.2) is 0 Å². The van der Waals surface area contributed by atoms with Gasteiger partial charge < -0.3 is 9.80 Å². The van der Waals surface area contributed by atoms with Crippen LogP contribution in [0.25, 0.3) is 0 Å². The lowest BCUT2D eigenvalue weighted by Crippen LogP contribution is -2.61. The molecule has 0 saturated heterocycles. The molecular formula is C57H51BN2. The minimum Gasteiger partial charge on any atom is -0.311 e. The second-order valence-electron chi connectivity index (χ2n) is 18.2. The molecule has 0 unspecified atom stereocenters. The van der Waals surface area contributed by atoms with E-state index in [1.54, 1.807) is 0 Å². The topological polar surface area (TPSA) is 6.48 Å². The molecule has 2 heterocycles. The summed E-state index contributed by atoms with van der Waals surface area (Å²) in [6, 6.07) is 74.5. The molecule has 3 heteroatoms. The molecule has 8 aromatic rings. The molecule has 0 amide bonds. The fourth-order valence-electron chi connectivity index (χ4n) is 9.93. The van der Waals surface area contributed by atoms with Crippen molar-refractivity contribution in [1.82, 2.24) is 0 Å². The highest BCUT2D eigenvalue weighted by atomic mass is 15.2. The maximum atomic E-state index is 2.53. The van der Waals surface area contributed by atoms with Crippen molar-refractivity contribution < 1.29 is 0 Å². The number of hydrogen-bond acceptors (Lipinski definition) is 2. The van der Waals surface area contributed by atoms with Gasteiger partial charge in [0.05, 0.1) is 0 Å². The van der Waals surface area contributed by atoms with Crippen molar-refractivity contribution in [2.45, 2.75) is 57.8 Å². The summed E-state index contributed by atoms with van der Waals surface area (Å²) in [4.78, 5) is 5.07. The highest BCUT2D eigenvalue weighted by Crippen LogP contribution is 2.47. The number of nitrogens with zero attached hydrogens (tertiary/aromatic N) is 2. The Balaban J connectivity index is 1.20. The maximum Gasteiger partial charge on any atom is 0.252 e. The van der Waals surface area contributed by atoms with Crippen molar-refractivity contribution in [3.63, 3.8) is 0 Å². The van der Waals surface area contributed by atoms with Gasteiger partial charge in [-0.15, -0.1) is 0 Å². The van der Waals surface area contributed by atoms with Gasteiger partial charge in [0.2, 0.25) is 0 Å². The lowest BCUT2D eigenvalue weighted by molar-refractivity contribution is 0.640. The standard InChI is InChI=1S/C57H51BN2/c1-55(2,40-20-10-7-11-21-40)43-30-34-46(35-31-43)59-50-28-18-16-26-48(50)58-49-27-17-19-29-51(49)60(47-36-32-44(33-37-47)56(3,4)41-22-12-8-13-23-41)53-39-45(38-52(59)54(53)58)57(5,6)42-24-14-9-15-25-42/h7-39H,1-6H3. The van der Waals surface area contributed by atoms with Crippen molar-refractivity contribution in [2.24, 2.45) is 0 Å². The molecule has 0 N–H and O–H groups in total. The second-order valence-corrected chi connectivity index (χ2v) is 18.2. The molecule has 0 saturated carbocycles. The van der Waals surface area contributed by atoms with E-state index in [9.17, 15) is 0 Å². The summed E-state index contributed by atoms with van der Waals surface area (Å²) >= 11 is 0. The zero-order chi connectivity index (χ0) is 41.2. The maximum absolute atomic E-state index is 2.53. The van der Waals surface area contributed by atoms with Gasteiger partial charge >= 0.3 is 0 Å². The molecule has 2 nitrogen and oxygen atoms in total. The summed E-state index contributed by atoms with van der Waals surface area (Å²) in [6.45, 7) is 14.1. The van der Waals surface area contributed by atoms with Crippen molar-refractivity contribution >= 4 is 57.2 Å². The van der Waals surface area contributed by atoms with E-state index < -0.39 is 0 Å². The average Bonchev–Trinajstić information content (AvgIpc) is 3.29. The summed E-state index contributed by atoms with van der Waals surface area (Å²) in [5.74, 6) is 0. The van der Waals surface area contributed by atoms with Crippen molar-refractivity contribution in [3.8, 4) is 0 Å². The van der Waals surface area contributed by atoms with E-state index in [0.29, 0.717) is 0 Å². The first-order valence-electron chi connectivity index (χ1n) is 21.4. The summed E-state index contributed by atoms with van der Waals surface area (Å²) in [6.07, 6.45) is 0. The number of benzene rings is 8. The normalized spacial score (nSPS) is 13.4. The van der Waals surface area contributed by atoms with E-state index in [0.717, 1.165) is 11.4 Å². The van der Waals surface area contributed by atoms with Crippen LogP contribution in [0.15, 0.2) is 200 Å². The highest BCUT2D eigenvalue weighted by Gasteiger charge is 2.44.